The monoisotopic (exact) mass is 428 g/mol. The summed E-state index contributed by atoms with van der Waals surface area (Å²) in [6, 6.07) is 25.3. The summed E-state index contributed by atoms with van der Waals surface area (Å²) in [7, 11) is 1.70. The molecule has 1 aliphatic heterocycles. The van der Waals surface area contributed by atoms with Gasteiger partial charge in [-0.05, 0) is 48.9 Å². The molecule has 3 aromatic carbocycles. The van der Waals surface area contributed by atoms with Crippen molar-refractivity contribution in [1.82, 2.24) is 10.2 Å². The smallest absolute Gasteiger partial charge is 0.257 e. The van der Waals surface area contributed by atoms with Gasteiger partial charge in [0.2, 0.25) is 5.96 Å². The molecule has 0 atom stereocenters. The highest BCUT2D eigenvalue weighted by Gasteiger charge is 2.23. The Labute approximate surface area is 189 Å². The summed E-state index contributed by atoms with van der Waals surface area (Å²) in [4.78, 5) is 22.1. The number of aryl methyl sites for hydroxylation is 1. The lowest BCUT2D eigenvalue weighted by atomic mass is 10.2. The van der Waals surface area contributed by atoms with Crippen molar-refractivity contribution >= 4 is 23.2 Å². The van der Waals surface area contributed by atoms with Crippen LogP contribution in [0.25, 0.3) is 0 Å². The molecule has 6 nitrogen and oxygen atoms in total. The second kappa shape index (κ2) is 10.0. The van der Waals surface area contributed by atoms with E-state index in [0.29, 0.717) is 11.5 Å². The zero-order valence-electron chi connectivity index (χ0n) is 18.5. The van der Waals surface area contributed by atoms with Crippen LogP contribution < -0.4 is 15.0 Å². The summed E-state index contributed by atoms with van der Waals surface area (Å²) in [5, 5.41) is 3.04. The molecule has 164 valence electrons. The largest absolute Gasteiger partial charge is 0.495 e. The lowest BCUT2D eigenvalue weighted by Gasteiger charge is -2.38. The van der Waals surface area contributed by atoms with Crippen molar-refractivity contribution in [1.29, 1.82) is 0 Å². The number of para-hydroxylation sites is 2. The highest BCUT2D eigenvalue weighted by Crippen LogP contribution is 2.28. The Hall–Kier alpha value is -3.80. The molecule has 1 fully saturated rings. The van der Waals surface area contributed by atoms with E-state index in [1.807, 2.05) is 67.6 Å². The van der Waals surface area contributed by atoms with E-state index >= 15 is 0 Å². The molecule has 1 amide bonds. The lowest BCUT2D eigenvalue weighted by Crippen LogP contribution is -2.53. The number of hydrogen-bond acceptors (Lipinski definition) is 4. The lowest BCUT2D eigenvalue weighted by molar-refractivity contribution is 0.0972. The van der Waals surface area contributed by atoms with Gasteiger partial charge in [0.05, 0.1) is 18.5 Å². The van der Waals surface area contributed by atoms with Crippen LogP contribution in [0.3, 0.4) is 0 Å². The zero-order chi connectivity index (χ0) is 22.3. The molecule has 4 rings (SSSR count). The predicted octanol–water partition coefficient (Wildman–Crippen LogP) is 4.24. The summed E-state index contributed by atoms with van der Waals surface area (Å²) in [6.07, 6.45) is 0. The van der Waals surface area contributed by atoms with E-state index in [-0.39, 0.29) is 5.91 Å². The Kier molecular flexibility index (Phi) is 6.70. The van der Waals surface area contributed by atoms with Crippen molar-refractivity contribution in [2.24, 2.45) is 4.99 Å². The summed E-state index contributed by atoms with van der Waals surface area (Å²) >= 11 is 0. The number of piperazine rings is 1. The van der Waals surface area contributed by atoms with Gasteiger partial charge in [0.1, 0.15) is 5.75 Å². The van der Waals surface area contributed by atoms with E-state index in [0.717, 1.165) is 48.9 Å². The molecule has 0 saturated carbocycles. The van der Waals surface area contributed by atoms with Gasteiger partial charge in [-0.15, -0.1) is 0 Å². The van der Waals surface area contributed by atoms with Crippen LogP contribution >= 0.6 is 0 Å². The van der Waals surface area contributed by atoms with Crippen molar-refractivity contribution < 1.29 is 9.53 Å². The van der Waals surface area contributed by atoms with Gasteiger partial charge in [-0.2, -0.15) is 0 Å². The fourth-order valence-electron chi connectivity index (χ4n) is 3.81. The van der Waals surface area contributed by atoms with E-state index in [1.54, 1.807) is 19.2 Å². The molecule has 1 heterocycles. The topological polar surface area (TPSA) is 57.2 Å². The van der Waals surface area contributed by atoms with Gasteiger partial charge in [0, 0.05) is 31.7 Å². The number of benzene rings is 3. The molecule has 0 bridgehead atoms. The van der Waals surface area contributed by atoms with Crippen LogP contribution in [-0.2, 0) is 0 Å². The third kappa shape index (κ3) is 5.09. The number of ether oxygens (including phenoxy) is 1. The SMILES string of the molecule is COc1ccccc1N1CCN(C(=Nc2cccc(C)c2)NC(=O)c2ccccc2)CC1. The molecular formula is C26H28N4O2. The number of methoxy groups -OCH3 is 1. The highest BCUT2D eigenvalue weighted by atomic mass is 16.5. The molecule has 6 heteroatoms. The van der Waals surface area contributed by atoms with Crippen molar-refractivity contribution in [2.75, 3.05) is 38.2 Å². The van der Waals surface area contributed by atoms with E-state index in [4.69, 9.17) is 9.73 Å². The third-order valence-electron chi connectivity index (χ3n) is 5.50. The molecule has 32 heavy (non-hydrogen) atoms. The van der Waals surface area contributed by atoms with Crippen molar-refractivity contribution in [2.45, 2.75) is 6.92 Å². The average molecular weight is 429 g/mol. The maximum Gasteiger partial charge on any atom is 0.257 e. The summed E-state index contributed by atoms with van der Waals surface area (Å²) in [5.41, 5.74) is 3.64. The second-order valence-electron chi connectivity index (χ2n) is 7.74. The predicted molar refractivity (Wildman–Crippen MR) is 129 cm³/mol. The maximum atomic E-state index is 12.9. The minimum absolute atomic E-state index is 0.163. The van der Waals surface area contributed by atoms with Crippen LogP contribution in [0.1, 0.15) is 15.9 Å². The van der Waals surface area contributed by atoms with Crippen molar-refractivity contribution in [3.8, 4) is 5.75 Å². The minimum Gasteiger partial charge on any atom is -0.495 e. The first-order chi connectivity index (χ1) is 15.6. The molecule has 0 aliphatic carbocycles. The first-order valence-corrected chi connectivity index (χ1v) is 10.8. The standard InChI is InChI=1S/C26H28N4O2/c1-20-9-8-12-22(19-20)27-26(28-25(31)21-10-4-3-5-11-21)30-17-15-29(16-18-30)23-13-6-7-14-24(23)32-2/h3-14,19H,15-18H2,1-2H3,(H,27,28,31). The normalized spacial score (nSPS) is 14.2. The molecule has 1 aliphatic rings. The molecule has 0 radical (unpaired) electrons. The number of aliphatic imine (C=N–C) groups is 1. The van der Waals surface area contributed by atoms with Gasteiger partial charge in [-0.1, -0.05) is 42.5 Å². The number of amides is 1. The van der Waals surface area contributed by atoms with Gasteiger partial charge in [-0.3, -0.25) is 10.1 Å². The quantitative estimate of drug-likeness (QED) is 0.499. The number of hydrogen-bond donors (Lipinski definition) is 1. The average Bonchev–Trinajstić information content (AvgIpc) is 2.84. The van der Waals surface area contributed by atoms with Crippen LogP contribution in [0, 0.1) is 6.92 Å². The highest BCUT2D eigenvalue weighted by molar-refractivity contribution is 6.06. The van der Waals surface area contributed by atoms with E-state index in [1.165, 1.54) is 0 Å². The van der Waals surface area contributed by atoms with Crippen LogP contribution in [0.5, 0.6) is 5.75 Å². The van der Waals surface area contributed by atoms with Crippen LogP contribution in [0.4, 0.5) is 11.4 Å². The molecule has 1 saturated heterocycles. The molecule has 0 unspecified atom stereocenters. The Morgan fingerprint density at radius 2 is 1.62 bits per heavy atom. The van der Waals surface area contributed by atoms with E-state index in [2.05, 4.69) is 21.2 Å². The number of nitrogens with one attached hydrogen (secondary N) is 1. The van der Waals surface area contributed by atoms with Gasteiger partial charge in [-0.25, -0.2) is 4.99 Å². The second-order valence-corrected chi connectivity index (χ2v) is 7.74. The molecule has 0 aromatic heterocycles. The fraction of sp³-hybridized carbons (Fsp3) is 0.231. The van der Waals surface area contributed by atoms with Crippen molar-refractivity contribution in [3.63, 3.8) is 0 Å². The van der Waals surface area contributed by atoms with Crippen molar-refractivity contribution in [3.05, 3.63) is 90.0 Å². The summed E-state index contributed by atoms with van der Waals surface area (Å²) in [6.45, 7) is 5.10. The third-order valence-corrected chi connectivity index (χ3v) is 5.50. The number of carbonyl (C=O) groups is 1. The molecular weight excluding hydrogens is 400 g/mol. The fourth-order valence-corrected chi connectivity index (χ4v) is 3.81. The van der Waals surface area contributed by atoms with Gasteiger partial charge in [0.15, 0.2) is 0 Å². The zero-order valence-corrected chi connectivity index (χ0v) is 18.5. The summed E-state index contributed by atoms with van der Waals surface area (Å²) in [5.74, 6) is 1.28. The molecule has 3 aromatic rings. The van der Waals surface area contributed by atoms with E-state index < -0.39 is 0 Å². The Morgan fingerprint density at radius 3 is 2.34 bits per heavy atom. The number of rotatable bonds is 4. The molecule has 1 N–H and O–H groups in total. The number of carbonyl (C=O) groups excluding carboxylic acids is 1. The van der Waals surface area contributed by atoms with Gasteiger partial charge < -0.3 is 14.5 Å². The number of anilines is 1. The van der Waals surface area contributed by atoms with Crippen LogP contribution in [-0.4, -0.2) is 50.1 Å². The van der Waals surface area contributed by atoms with Gasteiger partial charge >= 0.3 is 0 Å². The van der Waals surface area contributed by atoms with Crippen LogP contribution in [0.2, 0.25) is 0 Å². The van der Waals surface area contributed by atoms with Gasteiger partial charge in [0.25, 0.3) is 5.91 Å². The Balaban J connectivity index is 1.54. The minimum atomic E-state index is -0.163. The summed E-state index contributed by atoms with van der Waals surface area (Å²) < 4.78 is 5.53. The Bertz CT molecular complexity index is 1090. The first kappa shape index (κ1) is 21.4. The molecule has 0 spiro atoms. The van der Waals surface area contributed by atoms with E-state index in [9.17, 15) is 4.79 Å². The maximum absolute atomic E-state index is 12.9. The number of guanidine groups is 1. The Morgan fingerprint density at radius 1 is 0.906 bits per heavy atom. The number of nitrogens with zero attached hydrogens (tertiary/aromatic N) is 3. The van der Waals surface area contributed by atoms with Crippen LogP contribution in [0.15, 0.2) is 83.9 Å². The first-order valence-electron chi connectivity index (χ1n) is 10.8.